The molecule has 2 aromatic carbocycles. The van der Waals surface area contributed by atoms with Crippen molar-refractivity contribution in [3.05, 3.63) is 59.9 Å². The van der Waals surface area contributed by atoms with E-state index >= 15 is 0 Å². The lowest BCUT2D eigenvalue weighted by atomic mass is 10.1. The molecule has 2 N–H and O–H groups in total. The summed E-state index contributed by atoms with van der Waals surface area (Å²) in [5.41, 5.74) is 4.60. The predicted octanol–water partition coefficient (Wildman–Crippen LogP) is 5.11. The van der Waals surface area contributed by atoms with E-state index in [1.54, 1.807) is 6.20 Å². The van der Waals surface area contributed by atoms with Crippen LogP contribution in [0.1, 0.15) is 11.1 Å². The summed E-state index contributed by atoms with van der Waals surface area (Å²) < 4.78 is 3.65. The number of aryl methyl sites for hydroxylation is 3. The maximum atomic E-state index is 12.4. The van der Waals surface area contributed by atoms with E-state index in [-0.39, 0.29) is 23.3 Å². The van der Waals surface area contributed by atoms with Crippen molar-refractivity contribution in [1.29, 1.82) is 0 Å². The van der Waals surface area contributed by atoms with Gasteiger partial charge in [-0.3, -0.25) is 9.59 Å². The van der Waals surface area contributed by atoms with Gasteiger partial charge >= 0.3 is 0 Å². The number of thioether (sulfide) groups is 2. The lowest BCUT2D eigenvalue weighted by Crippen LogP contribution is -2.14. The maximum absolute atomic E-state index is 12.4. The number of hydrogen-bond acceptors (Lipinski definition) is 7. The summed E-state index contributed by atoms with van der Waals surface area (Å²) >= 11 is 4.30. The normalized spacial score (nSPS) is 11.0. The Kier molecular flexibility index (Phi) is 7.36. The Bertz CT molecular complexity index is 1310. The fourth-order valence-electron chi connectivity index (χ4n) is 3.13. The molecule has 2 amide bonds. The molecule has 0 aliphatic rings. The number of carbonyl (C=O) groups is 2. The summed E-state index contributed by atoms with van der Waals surface area (Å²) in [6.07, 6.45) is 3.56. The van der Waals surface area contributed by atoms with Gasteiger partial charge < -0.3 is 15.2 Å². The van der Waals surface area contributed by atoms with Crippen LogP contribution in [0.4, 0.5) is 11.4 Å². The number of nitrogens with zero attached hydrogens (tertiary/aromatic N) is 3. The minimum Gasteiger partial charge on any atom is -0.329 e. The van der Waals surface area contributed by atoms with Crippen LogP contribution in [0, 0.1) is 13.8 Å². The van der Waals surface area contributed by atoms with Gasteiger partial charge in [-0.2, -0.15) is 0 Å². The summed E-state index contributed by atoms with van der Waals surface area (Å²) in [7, 11) is 1.90. The molecule has 4 aromatic rings. The molecule has 2 aromatic heterocycles. The zero-order chi connectivity index (χ0) is 23.4. The standard InChI is InChI=1S/C23H23N5O2S3/c1-14-4-6-17(15(2)10-14)26-21(30)13-32-23-27-18-7-5-16(11-19(18)33-23)25-20(29)12-31-22-24-8-9-28(22)3/h4-11H,12-13H2,1-3H3,(H,25,29)(H,26,30). The lowest BCUT2D eigenvalue weighted by molar-refractivity contribution is -0.114. The highest BCUT2D eigenvalue weighted by atomic mass is 32.2. The number of rotatable bonds is 8. The number of thiazole rings is 1. The first-order valence-electron chi connectivity index (χ1n) is 10.2. The van der Waals surface area contributed by atoms with Gasteiger partial charge in [-0.05, 0) is 43.7 Å². The molecule has 0 aliphatic carbocycles. The van der Waals surface area contributed by atoms with E-state index in [2.05, 4.69) is 20.6 Å². The maximum Gasteiger partial charge on any atom is 0.234 e. The molecule has 0 saturated heterocycles. The molecule has 2 heterocycles. The first-order valence-corrected chi connectivity index (χ1v) is 13.0. The van der Waals surface area contributed by atoms with Gasteiger partial charge in [0.05, 0.1) is 21.7 Å². The first-order chi connectivity index (χ1) is 15.9. The SMILES string of the molecule is Cc1ccc(NC(=O)CSc2nc3ccc(NC(=O)CSc4nccn4C)cc3s2)c(C)c1. The molecule has 0 saturated carbocycles. The smallest absolute Gasteiger partial charge is 0.234 e. The van der Waals surface area contributed by atoms with Crippen LogP contribution in [0.15, 0.2) is 58.3 Å². The van der Waals surface area contributed by atoms with Gasteiger partial charge in [-0.15, -0.1) is 11.3 Å². The summed E-state index contributed by atoms with van der Waals surface area (Å²) in [5.74, 6) is 0.401. The largest absolute Gasteiger partial charge is 0.329 e. The van der Waals surface area contributed by atoms with Crippen LogP contribution >= 0.6 is 34.9 Å². The number of benzene rings is 2. The topological polar surface area (TPSA) is 88.9 Å². The van der Waals surface area contributed by atoms with E-state index in [9.17, 15) is 9.59 Å². The van der Waals surface area contributed by atoms with Crippen molar-refractivity contribution < 1.29 is 9.59 Å². The first kappa shape index (κ1) is 23.3. The third-order valence-corrected chi connectivity index (χ3v) is 7.96. The second-order valence-corrected chi connectivity index (χ2v) is 10.7. The van der Waals surface area contributed by atoms with E-state index in [1.165, 1.54) is 34.9 Å². The zero-order valence-electron chi connectivity index (χ0n) is 18.4. The molecule has 10 heteroatoms. The molecular weight excluding hydrogens is 474 g/mol. The lowest BCUT2D eigenvalue weighted by Gasteiger charge is -2.08. The summed E-state index contributed by atoms with van der Waals surface area (Å²) in [6, 6.07) is 11.6. The van der Waals surface area contributed by atoms with Crippen LogP contribution in [0.2, 0.25) is 0 Å². The van der Waals surface area contributed by atoms with Crippen molar-refractivity contribution >= 4 is 68.3 Å². The van der Waals surface area contributed by atoms with Gasteiger partial charge in [0.15, 0.2) is 9.50 Å². The minimum atomic E-state index is -0.0930. The van der Waals surface area contributed by atoms with Crippen LogP contribution in [-0.4, -0.2) is 37.9 Å². The number of imidazole rings is 1. The van der Waals surface area contributed by atoms with Crippen molar-refractivity contribution in [1.82, 2.24) is 14.5 Å². The molecule has 0 unspecified atom stereocenters. The van der Waals surface area contributed by atoms with E-state index < -0.39 is 0 Å². The summed E-state index contributed by atoms with van der Waals surface area (Å²) in [6.45, 7) is 4.01. The third kappa shape index (κ3) is 6.16. The van der Waals surface area contributed by atoms with Crippen molar-refractivity contribution in [3.8, 4) is 0 Å². The van der Waals surface area contributed by atoms with E-state index in [1.807, 2.05) is 68.1 Å². The van der Waals surface area contributed by atoms with Gasteiger partial charge in [0, 0.05) is 30.8 Å². The zero-order valence-corrected chi connectivity index (χ0v) is 20.9. The molecule has 0 fully saturated rings. The summed E-state index contributed by atoms with van der Waals surface area (Å²) in [5, 5.41) is 6.68. The van der Waals surface area contributed by atoms with Crippen molar-refractivity contribution in [3.63, 3.8) is 0 Å². The monoisotopic (exact) mass is 497 g/mol. The van der Waals surface area contributed by atoms with E-state index in [4.69, 9.17) is 0 Å². The Labute approximate surface area is 204 Å². The average Bonchev–Trinajstić information content (AvgIpc) is 3.38. The van der Waals surface area contributed by atoms with Crippen molar-refractivity contribution in [2.75, 3.05) is 22.1 Å². The number of aromatic nitrogens is 3. The highest BCUT2D eigenvalue weighted by molar-refractivity contribution is 8.01. The quantitative estimate of drug-likeness (QED) is 0.329. The molecule has 0 aliphatic heterocycles. The average molecular weight is 498 g/mol. The van der Waals surface area contributed by atoms with Crippen LogP contribution in [-0.2, 0) is 16.6 Å². The van der Waals surface area contributed by atoms with Gasteiger partial charge in [0.25, 0.3) is 0 Å². The Morgan fingerprint density at radius 1 is 1.03 bits per heavy atom. The Morgan fingerprint density at radius 2 is 1.82 bits per heavy atom. The highest BCUT2D eigenvalue weighted by Crippen LogP contribution is 2.31. The fourth-order valence-corrected chi connectivity index (χ4v) is 5.77. The number of fused-ring (bicyclic) bond motifs is 1. The van der Waals surface area contributed by atoms with Crippen LogP contribution in [0.5, 0.6) is 0 Å². The van der Waals surface area contributed by atoms with Gasteiger partial charge in [0.2, 0.25) is 11.8 Å². The van der Waals surface area contributed by atoms with E-state index in [0.29, 0.717) is 0 Å². The number of hydrogen-bond donors (Lipinski definition) is 2. The molecule has 4 rings (SSSR count). The number of anilines is 2. The molecule has 0 atom stereocenters. The number of amides is 2. The van der Waals surface area contributed by atoms with Crippen LogP contribution < -0.4 is 10.6 Å². The van der Waals surface area contributed by atoms with Crippen molar-refractivity contribution in [2.24, 2.45) is 7.05 Å². The third-order valence-electron chi connectivity index (χ3n) is 4.74. The number of nitrogens with one attached hydrogen (secondary N) is 2. The Balaban J connectivity index is 1.32. The van der Waals surface area contributed by atoms with Gasteiger partial charge in [-0.25, -0.2) is 9.97 Å². The fraction of sp³-hybridized carbons (Fsp3) is 0.217. The molecule has 0 radical (unpaired) electrons. The van der Waals surface area contributed by atoms with Gasteiger partial charge in [-0.1, -0.05) is 41.2 Å². The van der Waals surface area contributed by atoms with Crippen LogP contribution in [0.3, 0.4) is 0 Å². The molecule has 0 bridgehead atoms. The van der Waals surface area contributed by atoms with Crippen molar-refractivity contribution in [2.45, 2.75) is 23.3 Å². The molecule has 7 nitrogen and oxygen atoms in total. The molecule has 33 heavy (non-hydrogen) atoms. The Morgan fingerprint density at radius 3 is 2.58 bits per heavy atom. The molecular formula is C23H23N5O2S3. The number of carbonyl (C=O) groups excluding carboxylic acids is 2. The Hall–Kier alpha value is -2.82. The predicted molar refractivity (Wildman–Crippen MR) is 137 cm³/mol. The molecule has 0 spiro atoms. The second kappa shape index (κ2) is 10.4. The highest BCUT2D eigenvalue weighted by Gasteiger charge is 2.11. The minimum absolute atomic E-state index is 0.0654. The summed E-state index contributed by atoms with van der Waals surface area (Å²) in [4.78, 5) is 33.5. The molecule has 170 valence electrons. The van der Waals surface area contributed by atoms with E-state index in [0.717, 1.165) is 42.2 Å². The second-order valence-electron chi connectivity index (χ2n) is 7.48. The van der Waals surface area contributed by atoms with Gasteiger partial charge in [0.1, 0.15) is 0 Å². The van der Waals surface area contributed by atoms with Crippen LogP contribution in [0.25, 0.3) is 10.2 Å².